The summed E-state index contributed by atoms with van der Waals surface area (Å²) < 4.78 is 0.879. The number of carbonyl (C=O) groups is 2. The number of amides is 1. The number of carboxylic acids is 1. The molecule has 1 aromatic carbocycles. The van der Waals surface area contributed by atoms with Crippen LogP contribution < -0.4 is 5.32 Å². The summed E-state index contributed by atoms with van der Waals surface area (Å²) in [6, 6.07) is 5.99. The molecule has 0 aliphatic carbocycles. The van der Waals surface area contributed by atoms with Crippen LogP contribution in [-0.4, -0.2) is 34.7 Å². The summed E-state index contributed by atoms with van der Waals surface area (Å²) in [6.07, 6.45) is 2.77. The molecule has 1 aromatic rings. The Bertz CT molecular complexity index is 473. The minimum Gasteiger partial charge on any atom is -0.480 e. The molecule has 0 aromatic heterocycles. The number of aliphatic hydroxyl groups is 1. The first kappa shape index (κ1) is 14.4. The number of hydrogen-bond donors (Lipinski definition) is 3. The highest BCUT2D eigenvalue weighted by molar-refractivity contribution is 9.10. The molecule has 0 saturated carbocycles. The fraction of sp³-hybridized carbons (Fsp3) is 0.167. The Labute approximate surface area is 112 Å². The summed E-state index contributed by atoms with van der Waals surface area (Å²) >= 11 is 3.29. The van der Waals surface area contributed by atoms with Crippen molar-refractivity contribution in [2.75, 3.05) is 6.61 Å². The average molecular weight is 314 g/mol. The molecule has 6 heteroatoms. The highest BCUT2D eigenvalue weighted by atomic mass is 79.9. The summed E-state index contributed by atoms with van der Waals surface area (Å²) in [5.74, 6) is -1.85. The number of carbonyl (C=O) groups excluding carboxylic acids is 1. The Morgan fingerprint density at radius 1 is 1.44 bits per heavy atom. The van der Waals surface area contributed by atoms with Gasteiger partial charge in [0.25, 0.3) is 0 Å². The highest BCUT2D eigenvalue weighted by Crippen LogP contribution is 2.12. The predicted molar refractivity (Wildman–Crippen MR) is 69.8 cm³/mol. The Kier molecular flexibility index (Phi) is 5.54. The molecule has 3 N–H and O–H groups in total. The zero-order chi connectivity index (χ0) is 13.5. The van der Waals surface area contributed by atoms with E-state index in [1.165, 1.54) is 6.08 Å². The van der Waals surface area contributed by atoms with E-state index in [9.17, 15) is 9.59 Å². The number of nitrogens with one attached hydrogen (secondary N) is 1. The van der Waals surface area contributed by atoms with Crippen LogP contribution in [0.25, 0.3) is 6.08 Å². The molecule has 0 aliphatic rings. The smallest absolute Gasteiger partial charge is 0.328 e. The Morgan fingerprint density at radius 3 is 2.72 bits per heavy atom. The van der Waals surface area contributed by atoms with Crippen LogP contribution in [0.1, 0.15) is 5.56 Å². The molecule has 1 amide bonds. The standard InChI is InChI=1S/C12H12BrNO4/c13-9-3-1-2-8(6-9)4-5-11(16)14-10(7-15)12(17)18/h1-6,10,15H,7H2,(H,14,16)(H,17,18)/b5-4+/t10-/m0/s1. The fourth-order valence-corrected chi connectivity index (χ4v) is 1.60. The van der Waals surface area contributed by atoms with Crippen molar-refractivity contribution in [2.45, 2.75) is 6.04 Å². The van der Waals surface area contributed by atoms with E-state index in [1.807, 2.05) is 18.2 Å². The summed E-state index contributed by atoms with van der Waals surface area (Å²) in [6.45, 7) is -0.647. The van der Waals surface area contributed by atoms with E-state index < -0.39 is 24.5 Å². The van der Waals surface area contributed by atoms with Crippen LogP contribution in [0.3, 0.4) is 0 Å². The van der Waals surface area contributed by atoms with Gasteiger partial charge in [-0.1, -0.05) is 28.1 Å². The maximum absolute atomic E-state index is 11.4. The molecular weight excluding hydrogens is 302 g/mol. The number of aliphatic carboxylic acids is 1. The van der Waals surface area contributed by atoms with Gasteiger partial charge in [0.2, 0.25) is 5.91 Å². The lowest BCUT2D eigenvalue weighted by atomic mass is 10.2. The number of rotatable bonds is 5. The third kappa shape index (κ3) is 4.68. The van der Waals surface area contributed by atoms with Gasteiger partial charge in [0, 0.05) is 10.5 Å². The summed E-state index contributed by atoms with van der Waals surface area (Å²) in [5.41, 5.74) is 0.801. The molecule has 0 unspecified atom stereocenters. The monoisotopic (exact) mass is 313 g/mol. The van der Waals surface area contributed by atoms with Crippen molar-refractivity contribution in [1.82, 2.24) is 5.32 Å². The van der Waals surface area contributed by atoms with Crippen molar-refractivity contribution in [3.63, 3.8) is 0 Å². The highest BCUT2D eigenvalue weighted by Gasteiger charge is 2.16. The van der Waals surface area contributed by atoms with E-state index in [-0.39, 0.29) is 0 Å². The molecule has 0 aliphatic heterocycles. The largest absolute Gasteiger partial charge is 0.480 e. The maximum atomic E-state index is 11.4. The van der Waals surface area contributed by atoms with Crippen LogP contribution in [0.15, 0.2) is 34.8 Å². The first-order chi connectivity index (χ1) is 8.52. The molecule has 5 nitrogen and oxygen atoms in total. The van der Waals surface area contributed by atoms with E-state index >= 15 is 0 Å². The second-order valence-electron chi connectivity index (χ2n) is 3.47. The van der Waals surface area contributed by atoms with Gasteiger partial charge in [-0.3, -0.25) is 4.79 Å². The van der Waals surface area contributed by atoms with Gasteiger partial charge >= 0.3 is 5.97 Å². The molecule has 0 radical (unpaired) electrons. The molecule has 18 heavy (non-hydrogen) atoms. The van der Waals surface area contributed by atoms with Crippen molar-refractivity contribution in [1.29, 1.82) is 0 Å². The molecule has 0 fully saturated rings. The fourth-order valence-electron chi connectivity index (χ4n) is 1.19. The van der Waals surface area contributed by atoms with Crippen molar-refractivity contribution < 1.29 is 19.8 Å². The van der Waals surface area contributed by atoms with Crippen molar-refractivity contribution in [2.24, 2.45) is 0 Å². The third-order valence-electron chi connectivity index (χ3n) is 2.07. The Balaban J connectivity index is 2.62. The molecule has 1 rings (SSSR count). The number of benzene rings is 1. The number of hydrogen-bond acceptors (Lipinski definition) is 3. The summed E-state index contributed by atoms with van der Waals surface area (Å²) in [5, 5.41) is 19.5. The van der Waals surface area contributed by atoms with Crippen LogP contribution >= 0.6 is 15.9 Å². The van der Waals surface area contributed by atoms with Crippen LogP contribution in [0.4, 0.5) is 0 Å². The van der Waals surface area contributed by atoms with E-state index in [0.717, 1.165) is 10.0 Å². The first-order valence-corrected chi connectivity index (χ1v) is 5.90. The van der Waals surface area contributed by atoms with E-state index in [0.29, 0.717) is 0 Å². The van der Waals surface area contributed by atoms with Gasteiger partial charge in [-0.15, -0.1) is 0 Å². The van der Waals surface area contributed by atoms with Gasteiger partial charge in [-0.2, -0.15) is 0 Å². The number of carboxylic acid groups (broad SMARTS) is 1. The Morgan fingerprint density at radius 2 is 2.17 bits per heavy atom. The van der Waals surface area contributed by atoms with Crippen molar-refractivity contribution in [3.05, 3.63) is 40.4 Å². The lowest BCUT2D eigenvalue weighted by molar-refractivity contribution is -0.142. The molecule has 0 saturated heterocycles. The zero-order valence-corrected chi connectivity index (χ0v) is 10.9. The third-order valence-corrected chi connectivity index (χ3v) is 2.57. The number of aliphatic hydroxyl groups excluding tert-OH is 1. The van der Waals surface area contributed by atoms with Gasteiger partial charge in [-0.05, 0) is 23.8 Å². The zero-order valence-electron chi connectivity index (χ0n) is 9.34. The first-order valence-electron chi connectivity index (χ1n) is 5.10. The van der Waals surface area contributed by atoms with Crippen LogP contribution in [-0.2, 0) is 9.59 Å². The normalized spacial score (nSPS) is 12.3. The summed E-state index contributed by atoms with van der Waals surface area (Å²) in [4.78, 5) is 22.0. The molecule has 0 heterocycles. The van der Waals surface area contributed by atoms with Crippen molar-refractivity contribution in [3.8, 4) is 0 Å². The van der Waals surface area contributed by atoms with E-state index in [1.54, 1.807) is 12.1 Å². The van der Waals surface area contributed by atoms with Crippen molar-refractivity contribution >= 4 is 33.9 Å². The molecule has 0 spiro atoms. The molecular formula is C12H12BrNO4. The lowest BCUT2D eigenvalue weighted by Gasteiger charge is -2.09. The van der Waals surface area contributed by atoms with Gasteiger partial charge in [0.1, 0.15) is 0 Å². The topological polar surface area (TPSA) is 86.6 Å². The number of halogens is 1. The second kappa shape index (κ2) is 6.93. The summed E-state index contributed by atoms with van der Waals surface area (Å²) in [7, 11) is 0. The average Bonchev–Trinajstić information content (AvgIpc) is 2.33. The van der Waals surface area contributed by atoms with Crippen LogP contribution in [0.2, 0.25) is 0 Å². The quantitative estimate of drug-likeness (QED) is 0.708. The Hall–Kier alpha value is -1.66. The van der Waals surface area contributed by atoms with Crippen LogP contribution in [0, 0.1) is 0 Å². The van der Waals surface area contributed by atoms with Gasteiger partial charge in [-0.25, -0.2) is 4.79 Å². The molecule has 1 atom stereocenters. The van der Waals surface area contributed by atoms with Crippen LogP contribution in [0.5, 0.6) is 0 Å². The second-order valence-corrected chi connectivity index (χ2v) is 4.39. The lowest BCUT2D eigenvalue weighted by Crippen LogP contribution is -2.42. The van der Waals surface area contributed by atoms with E-state index in [4.69, 9.17) is 10.2 Å². The van der Waals surface area contributed by atoms with Gasteiger partial charge < -0.3 is 15.5 Å². The minimum absolute atomic E-state index is 0.573. The predicted octanol–water partition coefficient (Wildman–Crippen LogP) is 1.02. The van der Waals surface area contributed by atoms with Gasteiger partial charge in [0.05, 0.1) is 6.61 Å². The maximum Gasteiger partial charge on any atom is 0.328 e. The van der Waals surface area contributed by atoms with E-state index in [2.05, 4.69) is 21.2 Å². The molecule has 96 valence electrons. The SMILES string of the molecule is O=C(/C=C/c1cccc(Br)c1)N[C@@H](CO)C(=O)O. The minimum atomic E-state index is -1.29. The van der Waals surface area contributed by atoms with Gasteiger partial charge in [0.15, 0.2) is 6.04 Å². The molecule has 0 bridgehead atoms.